The minimum absolute atomic E-state index is 0.0249. The van der Waals surface area contributed by atoms with Crippen molar-refractivity contribution in [3.8, 4) is 0 Å². The maximum Gasteiger partial charge on any atom is 0.236 e. The lowest BCUT2D eigenvalue weighted by Gasteiger charge is -2.02. The quantitative estimate of drug-likeness (QED) is 0.682. The molecule has 1 heterocycles. The Hall–Kier alpha value is -1.85. The molecule has 0 saturated carbocycles. The van der Waals surface area contributed by atoms with Crippen LogP contribution in [0.2, 0.25) is 0 Å². The third-order valence-corrected chi connectivity index (χ3v) is 5.59. The molecule has 118 valence electrons. The Kier molecular flexibility index (Phi) is 4.68. The molecule has 0 atom stereocenters. The molecule has 0 aliphatic carbocycles. The molecule has 5 heteroatoms. The van der Waals surface area contributed by atoms with Crippen LogP contribution < -0.4 is 5.32 Å². The molecule has 0 bridgehead atoms. The van der Waals surface area contributed by atoms with E-state index in [-0.39, 0.29) is 5.91 Å². The minimum atomic E-state index is -0.0249. The number of thioether (sulfide) groups is 1. The molecule has 1 amide bonds. The van der Waals surface area contributed by atoms with E-state index in [0.717, 1.165) is 15.1 Å². The fraction of sp³-hybridized carbons (Fsp3) is 0.222. The summed E-state index contributed by atoms with van der Waals surface area (Å²) in [6, 6.07) is 12.4. The van der Waals surface area contributed by atoms with E-state index < -0.39 is 0 Å². The van der Waals surface area contributed by atoms with Crippen LogP contribution in [-0.2, 0) is 4.79 Å². The normalized spacial score (nSPS) is 10.9. The lowest BCUT2D eigenvalue weighted by Crippen LogP contribution is -2.13. The second kappa shape index (κ2) is 6.72. The summed E-state index contributed by atoms with van der Waals surface area (Å²) in [6.07, 6.45) is 0. The lowest BCUT2D eigenvalue weighted by molar-refractivity contribution is -0.113. The van der Waals surface area contributed by atoms with Crippen LogP contribution in [-0.4, -0.2) is 16.6 Å². The Morgan fingerprint density at radius 2 is 1.83 bits per heavy atom. The summed E-state index contributed by atoms with van der Waals surface area (Å²) in [5, 5.41) is 3.57. The minimum Gasteiger partial charge on any atom is -0.301 e. The van der Waals surface area contributed by atoms with Gasteiger partial charge >= 0.3 is 0 Å². The molecular weight excluding hydrogens is 324 g/mol. The molecule has 1 N–H and O–H groups in total. The molecule has 3 nitrogen and oxygen atoms in total. The molecule has 0 aliphatic rings. The number of amides is 1. The second-order valence-corrected chi connectivity index (χ2v) is 7.65. The van der Waals surface area contributed by atoms with Crippen molar-refractivity contribution < 1.29 is 4.79 Å². The fourth-order valence-corrected chi connectivity index (χ4v) is 3.83. The highest BCUT2D eigenvalue weighted by atomic mass is 32.2. The van der Waals surface area contributed by atoms with Crippen LogP contribution in [0.4, 0.5) is 5.13 Å². The van der Waals surface area contributed by atoms with E-state index in [9.17, 15) is 4.79 Å². The zero-order valence-electron chi connectivity index (χ0n) is 13.3. The van der Waals surface area contributed by atoms with Gasteiger partial charge < -0.3 is 5.32 Å². The number of anilines is 1. The van der Waals surface area contributed by atoms with Gasteiger partial charge in [-0.25, -0.2) is 4.98 Å². The zero-order valence-corrected chi connectivity index (χ0v) is 15.0. The number of nitrogens with one attached hydrogen (secondary N) is 1. The van der Waals surface area contributed by atoms with Crippen molar-refractivity contribution in [3.63, 3.8) is 0 Å². The number of rotatable bonds is 4. The predicted molar refractivity (Wildman–Crippen MR) is 99.6 cm³/mol. The van der Waals surface area contributed by atoms with Crippen molar-refractivity contribution in [2.24, 2.45) is 0 Å². The predicted octanol–water partition coefficient (Wildman–Crippen LogP) is 4.95. The monoisotopic (exact) mass is 342 g/mol. The van der Waals surface area contributed by atoms with Crippen LogP contribution in [0.25, 0.3) is 10.2 Å². The van der Waals surface area contributed by atoms with Gasteiger partial charge in [-0.2, -0.15) is 0 Å². The summed E-state index contributed by atoms with van der Waals surface area (Å²) in [5.74, 6) is 0.361. The summed E-state index contributed by atoms with van der Waals surface area (Å²) < 4.78 is 1.11. The van der Waals surface area contributed by atoms with Gasteiger partial charge in [0.2, 0.25) is 5.91 Å². The van der Waals surface area contributed by atoms with E-state index >= 15 is 0 Å². The molecule has 0 aliphatic heterocycles. The molecular formula is C18H18N2OS2. The van der Waals surface area contributed by atoms with E-state index in [0.29, 0.717) is 10.9 Å². The number of thiazole rings is 1. The van der Waals surface area contributed by atoms with E-state index in [4.69, 9.17) is 0 Å². The number of aromatic nitrogens is 1. The summed E-state index contributed by atoms with van der Waals surface area (Å²) in [6.45, 7) is 6.22. The molecule has 1 aromatic heterocycles. The number of carbonyl (C=O) groups is 1. The van der Waals surface area contributed by atoms with Crippen LogP contribution in [0.15, 0.2) is 41.3 Å². The standard InChI is InChI=1S/C18H18N2OS2/c1-11-4-6-14(7-5-11)22-10-17(21)20-18-19-15-8-12(2)13(3)9-16(15)23-18/h4-9H,10H2,1-3H3,(H,19,20,21). The zero-order chi connectivity index (χ0) is 16.4. The number of benzene rings is 2. The van der Waals surface area contributed by atoms with E-state index in [1.165, 1.54) is 39.8 Å². The first-order valence-corrected chi connectivity index (χ1v) is 9.18. The average Bonchev–Trinajstić information content (AvgIpc) is 2.88. The van der Waals surface area contributed by atoms with Gasteiger partial charge in [-0.3, -0.25) is 4.79 Å². The number of nitrogens with zero attached hydrogens (tertiary/aromatic N) is 1. The summed E-state index contributed by atoms with van der Waals surface area (Å²) in [7, 11) is 0. The highest BCUT2D eigenvalue weighted by Gasteiger charge is 2.09. The topological polar surface area (TPSA) is 42.0 Å². The second-order valence-electron chi connectivity index (χ2n) is 5.57. The Morgan fingerprint density at radius 1 is 1.13 bits per heavy atom. The number of carbonyl (C=O) groups excluding carboxylic acids is 1. The van der Waals surface area contributed by atoms with Gasteiger partial charge in [-0.1, -0.05) is 29.0 Å². The van der Waals surface area contributed by atoms with Crippen LogP contribution in [0.5, 0.6) is 0 Å². The molecule has 0 radical (unpaired) electrons. The Morgan fingerprint density at radius 3 is 2.57 bits per heavy atom. The van der Waals surface area contributed by atoms with Crippen molar-refractivity contribution in [2.75, 3.05) is 11.1 Å². The smallest absolute Gasteiger partial charge is 0.236 e. The highest BCUT2D eigenvalue weighted by Crippen LogP contribution is 2.28. The van der Waals surface area contributed by atoms with Crippen molar-refractivity contribution in [2.45, 2.75) is 25.7 Å². The van der Waals surface area contributed by atoms with Gasteiger partial charge in [0, 0.05) is 4.90 Å². The summed E-state index contributed by atoms with van der Waals surface area (Å²) in [4.78, 5) is 17.7. The summed E-state index contributed by atoms with van der Waals surface area (Å²) >= 11 is 3.05. The molecule has 2 aromatic carbocycles. The molecule has 23 heavy (non-hydrogen) atoms. The molecule has 3 aromatic rings. The van der Waals surface area contributed by atoms with E-state index in [1.807, 2.05) is 12.1 Å². The van der Waals surface area contributed by atoms with Crippen LogP contribution in [0.1, 0.15) is 16.7 Å². The fourth-order valence-electron chi connectivity index (χ4n) is 2.17. The molecule has 3 rings (SSSR count). The Balaban J connectivity index is 1.64. The largest absolute Gasteiger partial charge is 0.301 e. The van der Waals surface area contributed by atoms with Crippen LogP contribution in [0.3, 0.4) is 0 Å². The SMILES string of the molecule is Cc1ccc(SCC(=O)Nc2nc3cc(C)c(C)cc3s2)cc1. The lowest BCUT2D eigenvalue weighted by atomic mass is 10.1. The van der Waals surface area contributed by atoms with Gasteiger partial charge in [0.15, 0.2) is 5.13 Å². The highest BCUT2D eigenvalue weighted by molar-refractivity contribution is 8.00. The third kappa shape index (κ3) is 3.92. The Labute approximate surface area is 144 Å². The number of aryl methyl sites for hydroxylation is 3. The van der Waals surface area contributed by atoms with Crippen LogP contribution >= 0.6 is 23.1 Å². The first kappa shape index (κ1) is 16.0. The average molecular weight is 342 g/mol. The van der Waals surface area contributed by atoms with Gasteiger partial charge in [0.05, 0.1) is 16.0 Å². The van der Waals surface area contributed by atoms with E-state index in [2.05, 4.69) is 55.3 Å². The summed E-state index contributed by atoms with van der Waals surface area (Å²) in [5.41, 5.74) is 4.63. The molecule has 0 spiro atoms. The first-order valence-electron chi connectivity index (χ1n) is 7.38. The van der Waals surface area contributed by atoms with Crippen molar-refractivity contribution >= 4 is 44.4 Å². The third-order valence-electron chi connectivity index (χ3n) is 3.64. The van der Waals surface area contributed by atoms with Crippen LogP contribution in [0, 0.1) is 20.8 Å². The molecule has 0 fully saturated rings. The number of hydrogen-bond donors (Lipinski definition) is 1. The van der Waals surface area contributed by atoms with Crippen molar-refractivity contribution in [3.05, 3.63) is 53.1 Å². The van der Waals surface area contributed by atoms with Crippen molar-refractivity contribution in [1.82, 2.24) is 4.98 Å². The number of hydrogen-bond acceptors (Lipinski definition) is 4. The maximum atomic E-state index is 12.1. The van der Waals surface area contributed by atoms with Gasteiger partial charge in [0.1, 0.15) is 0 Å². The van der Waals surface area contributed by atoms with Gasteiger partial charge in [-0.05, 0) is 56.2 Å². The molecule has 0 saturated heterocycles. The van der Waals surface area contributed by atoms with Crippen molar-refractivity contribution in [1.29, 1.82) is 0 Å². The van der Waals surface area contributed by atoms with Gasteiger partial charge in [-0.15, -0.1) is 11.8 Å². The molecule has 0 unspecified atom stereocenters. The number of fused-ring (bicyclic) bond motifs is 1. The maximum absolute atomic E-state index is 12.1. The Bertz CT molecular complexity index is 814. The first-order chi connectivity index (χ1) is 11.0. The van der Waals surface area contributed by atoms with E-state index in [1.54, 1.807) is 0 Å². The van der Waals surface area contributed by atoms with Gasteiger partial charge in [0.25, 0.3) is 0 Å².